The summed E-state index contributed by atoms with van der Waals surface area (Å²) in [6.45, 7) is 3.75. The first-order chi connectivity index (χ1) is 9.09. The van der Waals surface area contributed by atoms with Gasteiger partial charge in [-0.3, -0.25) is 9.58 Å². The molecule has 5 heteroatoms. The van der Waals surface area contributed by atoms with Crippen LogP contribution in [0.15, 0.2) is 29.0 Å². The molecule has 2 heterocycles. The van der Waals surface area contributed by atoms with Crippen LogP contribution in [0.5, 0.6) is 0 Å². The molecule has 0 aliphatic heterocycles. The third kappa shape index (κ3) is 3.24. The van der Waals surface area contributed by atoms with Crippen molar-refractivity contribution in [3.05, 3.63) is 41.6 Å². The minimum Gasteiger partial charge on any atom is -0.468 e. The van der Waals surface area contributed by atoms with E-state index in [2.05, 4.69) is 36.3 Å². The van der Waals surface area contributed by atoms with Crippen molar-refractivity contribution in [3.63, 3.8) is 0 Å². The lowest BCUT2D eigenvalue weighted by atomic mass is 10.2. The first-order valence-corrected chi connectivity index (χ1v) is 6.47. The van der Waals surface area contributed by atoms with Gasteiger partial charge in [-0.25, -0.2) is 0 Å². The van der Waals surface area contributed by atoms with Gasteiger partial charge in [0.05, 0.1) is 18.5 Å². The van der Waals surface area contributed by atoms with Gasteiger partial charge in [0.1, 0.15) is 5.76 Å². The van der Waals surface area contributed by atoms with Crippen molar-refractivity contribution in [3.8, 4) is 0 Å². The van der Waals surface area contributed by atoms with Crippen LogP contribution < -0.4 is 5.32 Å². The third-order valence-electron chi connectivity index (χ3n) is 3.49. The van der Waals surface area contributed by atoms with Gasteiger partial charge in [0.2, 0.25) is 0 Å². The van der Waals surface area contributed by atoms with Crippen LogP contribution >= 0.6 is 0 Å². The standard InChI is InChI=1S/C14H22N4O/c1-11-12(9-16-18(11)4)8-15-10-13(17(2)3)14-6-5-7-19-14/h5-7,9,13,15H,8,10H2,1-4H3. The smallest absolute Gasteiger partial charge is 0.122 e. The number of aromatic nitrogens is 2. The highest BCUT2D eigenvalue weighted by molar-refractivity contribution is 5.15. The average molecular weight is 262 g/mol. The molecule has 0 aliphatic rings. The zero-order valence-corrected chi connectivity index (χ0v) is 12.1. The fraction of sp³-hybridized carbons (Fsp3) is 0.500. The number of aryl methyl sites for hydroxylation is 1. The van der Waals surface area contributed by atoms with Crippen LogP contribution in [-0.4, -0.2) is 35.3 Å². The van der Waals surface area contributed by atoms with Crippen LogP contribution in [0.1, 0.15) is 23.1 Å². The molecule has 104 valence electrons. The highest BCUT2D eigenvalue weighted by Gasteiger charge is 2.16. The second-order valence-electron chi connectivity index (χ2n) is 5.00. The maximum atomic E-state index is 5.49. The molecule has 0 saturated heterocycles. The topological polar surface area (TPSA) is 46.2 Å². The van der Waals surface area contributed by atoms with Gasteiger partial charge >= 0.3 is 0 Å². The summed E-state index contributed by atoms with van der Waals surface area (Å²) in [4.78, 5) is 2.15. The minimum absolute atomic E-state index is 0.243. The van der Waals surface area contributed by atoms with Gasteiger partial charge in [-0.2, -0.15) is 5.10 Å². The maximum absolute atomic E-state index is 5.49. The van der Waals surface area contributed by atoms with Crippen molar-refractivity contribution in [1.82, 2.24) is 20.0 Å². The average Bonchev–Trinajstić information content (AvgIpc) is 2.98. The predicted octanol–water partition coefficient (Wildman–Crippen LogP) is 1.71. The summed E-state index contributed by atoms with van der Waals surface area (Å²) >= 11 is 0. The molecule has 2 aromatic rings. The van der Waals surface area contributed by atoms with Crippen molar-refractivity contribution in [2.75, 3.05) is 20.6 Å². The van der Waals surface area contributed by atoms with E-state index in [1.807, 2.05) is 30.1 Å². The van der Waals surface area contributed by atoms with Gasteiger partial charge in [0, 0.05) is 31.4 Å². The Hall–Kier alpha value is -1.59. The highest BCUT2D eigenvalue weighted by atomic mass is 16.3. The van der Waals surface area contributed by atoms with Crippen molar-refractivity contribution in [2.45, 2.75) is 19.5 Å². The molecule has 2 rings (SSSR count). The number of likely N-dealkylation sites (N-methyl/N-ethyl adjacent to an activating group) is 1. The molecule has 1 N–H and O–H groups in total. The number of hydrogen-bond donors (Lipinski definition) is 1. The summed E-state index contributed by atoms with van der Waals surface area (Å²) in [5.74, 6) is 0.986. The number of rotatable bonds is 6. The Kier molecular flexibility index (Phi) is 4.39. The molecular formula is C14H22N4O. The lowest BCUT2D eigenvalue weighted by Crippen LogP contribution is -2.30. The normalized spacial score (nSPS) is 13.1. The Bertz CT molecular complexity index is 502. The molecular weight excluding hydrogens is 240 g/mol. The summed E-state index contributed by atoms with van der Waals surface area (Å²) < 4.78 is 7.39. The predicted molar refractivity (Wildman–Crippen MR) is 74.8 cm³/mol. The SMILES string of the molecule is Cc1c(CNCC(c2ccco2)N(C)C)cnn1C. The monoisotopic (exact) mass is 262 g/mol. The molecule has 0 saturated carbocycles. The van der Waals surface area contributed by atoms with Gasteiger partial charge in [-0.15, -0.1) is 0 Å². The largest absolute Gasteiger partial charge is 0.468 e. The maximum Gasteiger partial charge on any atom is 0.122 e. The molecule has 2 aromatic heterocycles. The van der Waals surface area contributed by atoms with E-state index in [1.54, 1.807) is 6.26 Å². The Morgan fingerprint density at radius 1 is 1.47 bits per heavy atom. The number of nitrogens with zero attached hydrogens (tertiary/aromatic N) is 3. The molecule has 0 spiro atoms. The lowest BCUT2D eigenvalue weighted by Gasteiger charge is -2.22. The third-order valence-corrected chi connectivity index (χ3v) is 3.49. The van der Waals surface area contributed by atoms with Gasteiger partial charge in [0.25, 0.3) is 0 Å². The number of furan rings is 1. The zero-order valence-electron chi connectivity index (χ0n) is 12.1. The van der Waals surface area contributed by atoms with Gasteiger partial charge in [-0.05, 0) is 33.2 Å². The molecule has 1 unspecified atom stereocenters. The second kappa shape index (κ2) is 6.04. The number of nitrogens with one attached hydrogen (secondary N) is 1. The van der Waals surface area contributed by atoms with E-state index >= 15 is 0 Å². The van der Waals surface area contributed by atoms with Crippen LogP contribution in [0.3, 0.4) is 0 Å². The van der Waals surface area contributed by atoms with Crippen LogP contribution in [-0.2, 0) is 13.6 Å². The van der Waals surface area contributed by atoms with Crippen LogP contribution in [0, 0.1) is 6.92 Å². The van der Waals surface area contributed by atoms with Gasteiger partial charge in [-0.1, -0.05) is 0 Å². The fourth-order valence-corrected chi connectivity index (χ4v) is 2.08. The van der Waals surface area contributed by atoms with E-state index in [4.69, 9.17) is 4.42 Å². The minimum atomic E-state index is 0.243. The molecule has 19 heavy (non-hydrogen) atoms. The second-order valence-corrected chi connectivity index (χ2v) is 5.00. The van der Waals surface area contributed by atoms with Crippen molar-refractivity contribution >= 4 is 0 Å². The Morgan fingerprint density at radius 3 is 2.79 bits per heavy atom. The van der Waals surface area contributed by atoms with Crippen LogP contribution in [0.4, 0.5) is 0 Å². The van der Waals surface area contributed by atoms with Crippen LogP contribution in [0.2, 0.25) is 0 Å². The first-order valence-electron chi connectivity index (χ1n) is 6.47. The van der Waals surface area contributed by atoms with E-state index in [9.17, 15) is 0 Å². The summed E-state index contributed by atoms with van der Waals surface area (Å²) in [6.07, 6.45) is 3.64. The lowest BCUT2D eigenvalue weighted by molar-refractivity contribution is 0.250. The van der Waals surface area contributed by atoms with Crippen LogP contribution in [0.25, 0.3) is 0 Å². The molecule has 0 aliphatic carbocycles. The molecule has 0 bridgehead atoms. The van der Waals surface area contributed by atoms with Crippen molar-refractivity contribution in [2.24, 2.45) is 7.05 Å². The molecule has 0 radical (unpaired) electrons. The summed E-state index contributed by atoms with van der Waals surface area (Å²) in [6, 6.07) is 4.19. The van der Waals surface area contributed by atoms with E-state index in [0.29, 0.717) is 0 Å². The summed E-state index contributed by atoms with van der Waals surface area (Å²) in [5.41, 5.74) is 2.44. The number of hydrogen-bond acceptors (Lipinski definition) is 4. The Morgan fingerprint density at radius 2 is 2.26 bits per heavy atom. The highest BCUT2D eigenvalue weighted by Crippen LogP contribution is 2.17. The van der Waals surface area contributed by atoms with E-state index in [-0.39, 0.29) is 6.04 Å². The Balaban J connectivity index is 1.92. The van der Waals surface area contributed by atoms with Gasteiger partial charge in [0.15, 0.2) is 0 Å². The fourth-order valence-electron chi connectivity index (χ4n) is 2.08. The quantitative estimate of drug-likeness (QED) is 0.861. The summed E-state index contributed by atoms with van der Waals surface area (Å²) in [5, 5.41) is 7.72. The molecule has 1 atom stereocenters. The molecule has 5 nitrogen and oxygen atoms in total. The van der Waals surface area contributed by atoms with E-state index in [1.165, 1.54) is 11.3 Å². The van der Waals surface area contributed by atoms with Gasteiger partial charge < -0.3 is 9.73 Å². The first kappa shape index (κ1) is 13.8. The summed E-state index contributed by atoms with van der Waals surface area (Å²) in [7, 11) is 6.08. The Labute approximate surface area is 114 Å². The zero-order chi connectivity index (χ0) is 13.8. The van der Waals surface area contributed by atoms with E-state index in [0.717, 1.165) is 18.8 Å². The molecule has 0 fully saturated rings. The molecule has 0 aromatic carbocycles. The molecule has 0 amide bonds. The van der Waals surface area contributed by atoms with E-state index < -0.39 is 0 Å². The van der Waals surface area contributed by atoms with Crippen molar-refractivity contribution < 1.29 is 4.42 Å². The van der Waals surface area contributed by atoms with Crippen molar-refractivity contribution in [1.29, 1.82) is 0 Å².